The van der Waals surface area contributed by atoms with Gasteiger partial charge in [-0.25, -0.2) is 4.98 Å². The van der Waals surface area contributed by atoms with Gasteiger partial charge in [-0.05, 0) is 43.7 Å². The van der Waals surface area contributed by atoms with E-state index in [4.69, 9.17) is 0 Å². The molecule has 0 saturated carbocycles. The highest BCUT2D eigenvalue weighted by Crippen LogP contribution is 2.32. The van der Waals surface area contributed by atoms with Gasteiger partial charge in [0.2, 0.25) is 0 Å². The molecule has 4 heteroatoms. The van der Waals surface area contributed by atoms with Crippen LogP contribution in [-0.2, 0) is 19.4 Å². The summed E-state index contributed by atoms with van der Waals surface area (Å²) in [6.07, 6.45) is 7.53. The van der Waals surface area contributed by atoms with Crippen LogP contribution in [0.5, 0.6) is 0 Å². The lowest BCUT2D eigenvalue weighted by Gasteiger charge is -2.06. The van der Waals surface area contributed by atoms with Gasteiger partial charge in [-0.1, -0.05) is 36.2 Å². The Morgan fingerprint density at radius 2 is 1.91 bits per heavy atom. The molecule has 1 aromatic carbocycles. The van der Waals surface area contributed by atoms with Gasteiger partial charge in [-0.2, -0.15) is 0 Å². The number of aromatic nitrogens is 2. The molecule has 3 aromatic rings. The van der Waals surface area contributed by atoms with Crippen molar-refractivity contribution in [3.05, 3.63) is 62.5 Å². The molecule has 0 aliphatic heterocycles. The highest BCUT2D eigenvalue weighted by atomic mass is 32.1. The van der Waals surface area contributed by atoms with Crippen molar-refractivity contribution >= 4 is 21.6 Å². The molecule has 0 radical (unpaired) electrons. The van der Waals surface area contributed by atoms with Crippen LogP contribution in [0.25, 0.3) is 10.2 Å². The van der Waals surface area contributed by atoms with E-state index in [9.17, 15) is 4.79 Å². The molecule has 118 valence electrons. The molecule has 0 atom stereocenters. The fourth-order valence-electron chi connectivity index (χ4n) is 3.36. The first kappa shape index (κ1) is 14.6. The molecule has 3 nitrogen and oxygen atoms in total. The SMILES string of the molecule is Cc1ccc(Cn2cnc3sc4c(c3c2=O)CCCCC4)cc1. The van der Waals surface area contributed by atoms with E-state index in [1.807, 2.05) is 0 Å². The summed E-state index contributed by atoms with van der Waals surface area (Å²) < 4.78 is 1.75. The zero-order valence-corrected chi connectivity index (χ0v) is 14.2. The lowest BCUT2D eigenvalue weighted by Crippen LogP contribution is -2.21. The van der Waals surface area contributed by atoms with E-state index in [2.05, 4.69) is 36.2 Å². The Morgan fingerprint density at radius 1 is 1.13 bits per heavy atom. The molecule has 0 fully saturated rings. The number of rotatable bonds is 2. The molecule has 0 N–H and O–H groups in total. The van der Waals surface area contributed by atoms with Crippen LogP contribution in [0.1, 0.15) is 40.8 Å². The van der Waals surface area contributed by atoms with E-state index >= 15 is 0 Å². The van der Waals surface area contributed by atoms with E-state index in [-0.39, 0.29) is 5.56 Å². The standard InChI is InChI=1S/C19H20N2OS/c1-13-7-9-14(10-8-13)11-21-12-20-18-17(19(21)22)15-5-3-2-4-6-16(15)23-18/h7-10,12H,2-6,11H2,1H3. The van der Waals surface area contributed by atoms with E-state index in [0.29, 0.717) is 6.54 Å². The van der Waals surface area contributed by atoms with Crippen molar-refractivity contribution in [2.75, 3.05) is 0 Å². The van der Waals surface area contributed by atoms with Crippen molar-refractivity contribution in [1.29, 1.82) is 0 Å². The van der Waals surface area contributed by atoms with Gasteiger partial charge in [0.25, 0.3) is 5.56 Å². The fraction of sp³-hybridized carbons (Fsp3) is 0.368. The van der Waals surface area contributed by atoms with Crippen LogP contribution in [0, 0.1) is 6.92 Å². The first-order valence-corrected chi connectivity index (χ1v) is 9.09. The highest BCUT2D eigenvalue weighted by molar-refractivity contribution is 7.18. The third-order valence-electron chi connectivity index (χ3n) is 4.67. The lowest BCUT2D eigenvalue weighted by molar-refractivity contribution is 0.712. The molecule has 0 unspecified atom stereocenters. The second-order valence-corrected chi connectivity index (χ2v) is 7.49. The van der Waals surface area contributed by atoms with Gasteiger partial charge in [0.1, 0.15) is 4.83 Å². The number of hydrogen-bond acceptors (Lipinski definition) is 3. The van der Waals surface area contributed by atoms with Crippen molar-refractivity contribution in [3.8, 4) is 0 Å². The second kappa shape index (κ2) is 5.93. The van der Waals surface area contributed by atoms with Gasteiger partial charge in [-0.3, -0.25) is 9.36 Å². The third kappa shape index (κ3) is 2.72. The number of aryl methyl sites for hydroxylation is 3. The summed E-state index contributed by atoms with van der Waals surface area (Å²) >= 11 is 1.72. The van der Waals surface area contributed by atoms with Crippen molar-refractivity contribution in [2.24, 2.45) is 0 Å². The van der Waals surface area contributed by atoms with Gasteiger partial charge < -0.3 is 0 Å². The minimum Gasteiger partial charge on any atom is -0.294 e. The molecule has 2 aromatic heterocycles. The lowest BCUT2D eigenvalue weighted by atomic mass is 10.1. The Hall–Kier alpha value is -1.94. The third-order valence-corrected chi connectivity index (χ3v) is 5.87. The summed E-state index contributed by atoms with van der Waals surface area (Å²) in [6, 6.07) is 8.34. The zero-order valence-electron chi connectivity index (χ0n) is 13.3. The molecular weight excluding hydrogens is 304 g/mol. The van der Waals surface area contributed by atoms with Crippen LogP contribution in [-0.4, -0.2) is 9.55 Å². The Labute approximate surface area is 139 Å². The number of fused-ring (bicyclic) bond motifs is 3. The predicted molar refractivity (Wildman–Crippen MR) is 95.4 cm³/mol. The summed E-state index contributed by atoms with van der Waals surface area (Å²) in [5.74, 6) is 0. The second-order valence-electron chi connectivity index (χ2n) is 6.41. The van der Waals surface area contributed by atoms with Gasteiger partial charge in [-0.15, -0.1) is 11.3 Å². The predicted octanol–water partition coefficient (Wildman–Crippen LogP) is 4.08. The molecule has 0 amide bonds. The topological polar surface area (TPSA) is 34.9 Å². The first-order chi connectivity index (χ1) is 11.2. The van der Waals surface area contributed by atoms with Crippen LogP contribution in [0.3, 0.4) is 0 Å². The summed E-state index contributed by atoms with van der Waals surface area (Å²) in [5.41, 5.74) is 3.77. The monoisotopic (exact) mass is 324 g/mol. The van der Waals surface area contributed by atoms with E-state index in [0.717, 1.165) is 28.6 Å². The molecule has 2 heterocycles. The molecule has 1 aliphatic rings. The maximum absolute atomic E-state index is 13.0. The summed E-state index contributed by atoms with van der Waals surface area (Å²) in [7, 11) is 0. The molecular formula is C19H20N2OS. The van der Waals surface area contributed by atoms with Gasteiger partial charge >= 0.3 is 0 Å². The fourth-order valence-corrected chi connectivity index (χ4v) is 4.58. The van der Waals surface area contributed by atoms with Gasteiger partial charge in [0.15, 0.2) is 0 Å². The molecule has 4 rings (SSSR count). The molecule has 0 bridgehead atoms. The summed E-state index contributed by atoms with van der Waals surface area (Å²) in [5, 5.41) is 0.876. The number of thiophene rings is 1. The molecule has 23 heavy (non-hydrogen) atoms. The smallest absolute Gasteiger partial charge is 0.262 e. The molecule has 0 saturated heterocycles. The van der Waals surface area contributed by atoms with Crippen LogP contribution in [0.4, 0.5) is 0 Å². The zero-order chi connectivity index (χ0) is 15.8. The Morgan fingerprint density at radius 3 is 2.74 bits per heavy atom. The van der Waals surface area contributed by atoms with E-state index < -0.39 is 0 Å². The Bertz CT molecular complexity index is 906. The maximum Gasteiger partial charge on any atom is 0.262 e. The van der Waals surface area contributed by atoms with E-state index in [1.54, 1.807) is 22.2 Å². The molecule has 1 aliphatic carbocycles. The number of hydrogen-bond donors (Lipinski definition) is 0. The number of nitrogens with zero attached hydrogens (tertiary/aromatic N) is 2. The van der Waals surface area contributed by atoms with Crippen molar-refractivity contribution in [1.82, 2.24) is 9.55 Å². The summed E-state index contributed by atoms with van der Waals surface area (Å²) in [4.78, 5) is 19.9. The van der Waals surface area contributed by atoms with Crippen LogP contribution >= 0.6 is 11.3 Å². The first-order valence-electron chi connectivity index (χ1n) is 8.27. The molecule has 0 spiro atoms. The normalized spacial score (nSPS) is 14.7. The quantitative estimate of drug-likeness (QED) is 0.666. The van der Waals surface area contributed by atoms with Gasteiger partial charge in [0, 0.05) is 4.88 Å². The van der Waals surface area contributed by atoms with Crippen molar-refractivity contribution in [2.45, 2.75) is 45.6 Å². The van der Waals surface area contributed by atoms with Gasteiger partial charge in [0.05, 0.1) is 18.3 Å². The van der Waals surface area contributed by atoms with E-state index in [1.165, 1.54) is 35.3 Å². The largest absolute Gasteiger partial charge is 0.294 e. The van der Waals surface area contributed by atoms with Crippen LogP contribution < -0.4 is 5.56 Å². The number of benzene rings is 1. The minimum absolute atomic E-state index is 0.120. The average Bonchev–Trinajstić information content (AvgIpc) is 2.75. The minimum atomic E-state index is 0.120. The Balaban J connectivity index is 1.79. The van der Waals surface area contributed by atoms with Crippen molar-refractivity contribution < 1.29 is 0 Å². The highest BCUT2D eigenvalue weighted by Gasteiger charge is 2.19. The Kier molecular flexibility index (Phi) is 3.77. The van der Waals surface area contributed by atoms with Crippen LogP contribution in [0.2, 0.25) is 0 Å². The van der Waals surface area contributed by atoms with Crippen LogP contribution in [0.15, 0.2) is 35.4 Å². The maximum atomic E-state index is 13.0. The average molecular weight is 324 g/mol. The summed E-state index contributed by atoms with van der Waals surface area (Å²) in [6.45, 7) is 2.66. The van der Waals surface area contributed by atoms with Crippen molar-refractivity contribution in [3.63, 3.8) is 0 Å².